The molecule has 7 heteroatoms. The van der Waals surface area contributed by atoms with Gasteiger partial charge in [-0.1, -0.05) is 0 Å². The number of aryl methyl sites for hydroxylation is 2. The van der Waals surface area contributed by atoms with Crippen LogP contribution < -0.4 is 10.1 Å². The molecule has 1 unspecified atom stereocenters. The first-order valence-electron chi connectivity index (χ1n) is 8.05. The normalized spacial score (nSPS) is 13.6. The van der Waals surface area contributed by atoms with E-state index in [1.54, 1.807) is 42.4 Å². The van der Waals surface area contributed by atoms with Crippen molar-refractivity contribution < 1.29 is 14.3 Å². The molecule has 3 rings (SSSR count). The van der Waals surface area contributed by atoms with Crippen LogP contribution in [0, 0.1) is 6.92 Å². The van der Waals surface area contributed by atoms with Gasteiger partial charge in [-0.2, -0.15) is 5.10 Å². The molecule has 0 aromatic carbocycles. The van der Waals surface area contributed by atoms with Crippen molar-refractivity contribution in [1.82, 2.24) is 20.1 Å². The largest absolute Gasteiger partial charge is 0.466 e. The lowest BCUT2D eigenvalue weighted by atomic mass is 10.0. The Kier molecular flexibility index (Phi) is 4.87. The predicted molar refractivity (Wildman–Crippen MR) is 92.2 cm³/mol. The van der Waals surface area contributed by atoms with Crippen molar-refractivity contribution in [3.05, 3.63) is 59.9 Å². The highest BCUT2D eigenvalue weighted by Gasteiger charge is 2.26. The zero-order chi connectivity index (χ0) is 17.9. The van der Waals surface area contributed by atoms with Crippen LogP contribution in [-0.4, -0.2) is 26.4 Å². The SMILES string of the molecule is Cc1nn(C)c(Oc2cccnc2)c1CNCC(C)(O)c1ccco1. The molecule has 0 saturated heterocycles. The van der Waals surface area contributed by atoms with Crippen molar-refractivity contribution in [2.75, 3.05) is 6.54 Å². The van der Waals surface area contributed by atoms with Gasteiger partial charge in [0.1, 0.15) is 17.1 Å². The number of aliphatic hydroxyl groups is 1. The first-order valence-corrected chi connectivity index (χ1v) is 8.05. The molecule has 2 N–H and O–H groups in total. The highest BCUT2D eigenvalue weighted by molar-refractivity contribution is 5.34. The summed E-state index contributed by atoms with van der Waals surface area (Å²) in [5.41, 5.74) is 0.706. The Morgan fingerprint density at radius 2 is 2.20 bits per heavy atom. The van der Waals surface area contributed by atoms with Crippen LogP contribution in [0.3, 0.4) is 0 Å². The highest BCUT2D eigenvalue weighted by Crippen LogP contribution is 2.27. The lowest BCUT2D eigenvalue weighted by Crippen LogP contribution is -2.34. The van der Waals surface area contributed by atoms with Crippen LogP contribution >= 0.6 is 0 Å². The third-order valence-electron chi connectivity index (χ3n) is 3.96. The van der Waals surface area contributed by atoms with Gasteiger partial charge in [-0.15, -0.1) is 0 Å². The first kappa shape index (κ1) is 17.2. The fourth-order valence-electron chi connectivity index (χ4n) is 2.63. The zero-order valence-electron chi connectivity index (χ0n) is 14.6. The summed E-state index contributed by atoms with van der Waals surface area (Å²) in [4.78, 5) is 4.06. The first-order chi connectivity index (χ1) is 12.0. The Balaban J connectivity index is 1.70. The summed E-state index contributed by atoms with van der Waals surface area (Å²) < 4.78 is 12.9. The maximum absolute atomic E-state index is 10.5. The molecular weight excluding hydrogens is 320 g/mol. The molecule has 0 fully saturated rings. The van der Waals surface area contributed by atoms with Gasteiger partial charge in [-0.25, -0.2) is 4.68 Å². The van der Waals surface area contributed by atoms with Gasteiger partial charge >= 0.3 is 0 Å². The van der Waals surface area contributed by atoms with Gasteiger partial charge in [0.25, 0.3) is 0 Å². The van der Waals surface area contributed by atoms with Gasteiger partial charge in [0.15, 0.2) is 0 Å². The Bertz CT molecular complexity index is 810. The molecule has 7 nitrogen and oxygen atoms in total. The van der Waals surface area contributed by atoms with E-state index in [4.69, 9.17) is 9.15 Å². The van der Waals surface area contributed by atoms with Gasteiger partial charge in [-0.3, -0.25) is 4.98 Å². The Hall–Kier alpha value is -2.64. The number of hydrogen-bond acceptors (Lipinski definition) is 6. The fourth-order valence-corrected chi connectivity index (χ4v) is 2.63. The van der Waals surface area contributed by atoms with Crippen molar-refractivity contribution in [2.45, 2.75) is 26.0 Å². The van der Waals surface area contributed by atoms with E-state index in [2.05, 4.69) is 15.4 Å². The maximum Gasteiger partial charge on any atom is 0.222 e. The Labute approximate surface area is 146 Å². The second-order valence-electron chi connectivity index (χ2n) is 6.14. The number of nitrogens with one attached hydrogen (secondary N) is 1. The van der Waals surface area contributed by atoms with Crippen LogP contribution in [0.1, 0.15) is 23.9 Å². The van der Waals surface area contributed by atoms with Crippen LogP contribution in [0.4, 0.5) is 0 Å². The van der Waals surface area contributed by atoms with E-state index in [-0.39, 0.29) is 0 Å². The number of aromatic nitrogens is 3. The van der Waals surface area contributed by atoms with Crippen LogP contribution in [0.5, 0.6) is 11.6 Å². The van der Waals surface area contributed by atoms with Crippen LogP contribution in [0.25, 0.3) is 0 Å². The molecule has 0 aliphatic carbocycles. The molecule has 25 heavy (non-hydrogen) atoms. The number of hydrogen-bond donors (Lipinski definition) is 2. The van der Waals surface area contributed by atoms with Crippen molar-refractivity contribution in [1.29, 1.82) is 0 Å². The van der Waals surface area contributed by atoms with Crippen LogP contribution in [0.2, 0.25) is 0 Å². The van der Waals surface area contributed by atoms with Gasteiger partial charge in [0, 0.05) is 26.3 Å². The Morgan fingerprint density at radius 3 is 2.88 bits per heavy atom. The average Bonchev–Trinajstić information content (AvgIpc) is 3.20. The summed E-state index contributed by atoms with van der Waals surface area (Å²) in [7, 11) is 1.83. The molecule has 3 aromatic heterocycles. The summed E-state index contributed by atoms with van der Waals surface area (Å²) in [5.74, 6) is 1.82. The quantitative estimate of drug-likeness (QED) is 0.686. The molecule has 3 aromatic rings. The second kappa shape index (κ2) is 7.08. The molecule has 0 aliphatic rings. The maximum atomic E-state index is 10.5. The van der Waals surface area contributed by atoms with Gasteiger partial charge < -0.3 is 19.6 Å². The minimum atomic E-state index is -1.09. The second-order valence-corrected chi connectivity index (χ2v) is 6.14. The smallest absolute Gasteiger partial charge is 0.222 e. The third kappa shape index (κ3) is 3.89. The average molecular weight is 342 g/mol. The van der Waals surface area contributed by atoms with Crippen molar-refractivity contribution in [3.8, 4) is 11.6 Å². The van der Waals surface area contributed by atoms with E-state index in [0.717, 1.165) is 11.3 Å². The summed E-state index contributed by atoms with van der Waals surface area (Å²) in [5, 5.41) is 18.2. The molecule has 0 spiro atoms. The molecule has 0 bridgehead atoms. The van der Waals surface area contributed by atoms with Crippen molar-refractivity contribution in [2.24, 2.45) is 7.05 Å². The topological polar surface area (TPSA) is 85.3 Å². The van der Waals surface area contributed by atoms with Gasteiger partial charge in [-0.05, 0) is 38.1 Å². The Morgan fingerprint density at radius 1 is 1.36 bits per heavy atom. The van der Waals surface area contributed by atoms with E-state index in [1.807, 2.05) is 26.1 Å². The predicted octanol–water partition coefficient (Wildman–Crippen LogP) is 2.51. The van der Waals surface area contributed by atoms with Crippen molar-refractivity contribution in [3.63, 3.8) is 0 Å². The summed E-state index contributed by atoms with van der Waals surface area (Å²) in [6.07, 6.45) is 4.90. The monoisotopic (exact) mass is 342 g/mol. The van der Waals surface area contributed by atoms with E-state index in [1.165, 1.54) is 0 Å². The minimum absolute atomic E-state index is 0.335. The van der Waals surface area contributed by atoms with Crippen LogP contribution in [0.15, 0.2) is 47.3 Å². The van der Waals surface area contributed by atoms with E-state index < -0.39 is 5.60 Å². The molecule has 3 heterocycles. The molecule has 0 aliphatic heterocycles. The fraction of sp³-hybridized carbons (Fsp3) is 0.333. The summed E-state index contributed by atoms with van der Waals surface area (Å²) in [6, 6.07) is 7.17. The minimum Gasteiger partial charge on any atom is -0.466 e. The lowest BCUT2D eigenvalue weighted by Gasteiger charge is -2.21. The van der Waals surface area contributed by atoms with E-state index in [0.29, 0.717) is 30.5 Å². The van der Waals surface area contributed by atoms with Gasteiger partial charge in [0.05, 0.1) is 23.7 Å². The number of nitrogens with zero attached hydrogens (tertiary/aromatic N) is 3. The number of ether oxygens (including phenoxy) is 1. The summed E-state index contributed by atoms with van der Waals surface area (Å²) in [6.45, 7) is 4.48. The summed E-state index contributed by atoms with van der Waals surface area (Å²) >= 11 is 0. The van der Waals surface area contributed by atoms with Crippen LogP contribution in [-0.2, 0) is 19.2 Å². The molecule has 132 valence electrons. The highest BCUT2D eigenvalue weighted by atomic mass is 16.5. The third-order valence-corrected chi connectivity index (χ3v) is 3.96. The molecule has 0 amide bonds. The van der Waals surface area contributed by atoms with E-state index in [9.17, 15) is 5.11 Å². The molecule has 0 saturated carbocycles. The lowest BCUT2D eigenvalue weighted by molar-refractivity contribution is 0.0340. The molecule has 0 radical (unpaired) electrons. The number of rotatable bonds is 7. The molecule has 1 atom stereocenters. The van der Waals surface area contributed by atoms with Gasteiger partial charge in [0.2, 0.25) is 5.88 Å². The molecular formula is C18H22N4O3. The number of furan rings is 1. The zero-order valence-corrected chi connectivity index (χ0v) is 14.6. The van der Waals surface area contributed by atoms with Crippen molar-refractivity contribution >= 4 is 0 Å². The number of pyridine rings is 1. The standard InChI is InChI=1S/C18H22N4O3/c1-13-15(11-20-12-18(2,23)16-7-5-9-24-16)17(22(3)21-13)25-14-6-4-8-19-10-14/h4-10,20,23H,11-12H2,1-3H3. The van der Waals surface area contributed by atoms with E-state index >= 15 is 0 Å².